The van der Waals surface area contributed by atoms with Gasteiger partial charge in [-0.3, -0.25) is 0 Å². The van der Waals surface area contributed by atoms with E-state index in [1.807, 2.05) is 0 Å². The second-order valence-corrected chi connectivity index (χ2v) is 2.75. The first-order valence-corrected chi connectivity index (χ1v) is 3.81. The van der Waals surface area contributed by atoms with E-state index < -0.39 is 28.2 Å². The molecule has 0 unspecified atom stereocenters. The molecule has 0 radical (unpaired) electrons. The predicted molar refractivity (Wildman–Crippen MR) is 44.9 cm³/mol. The van der Waals surface area contributed by atoms with Gasteiger partial charge in [-0.1, -0.05) is 11.6 Å². The Kier molecular flexibility index (Phi) is 2.90. The summed E-state index contributed by atoms with van der Waals surface area (Å²) in [6.45, 7) is 0. The smallest absolute Gasteiger partial charge is 0.338 e. The van der Waals surface area contributed by atoms with Gasteiger partial charge in [-0.15, -0.1) is 0 Å². The second-order valence-electron chi connectivity index (χ2n) is 2.37. The number of halogens is 3. The zero-order valence-electron chi connectivity index (χ0n) is 6.97. The van der Waals surface area contributed by atoms with Crippen molar-refractivity contribution >= 4 is 17.6 Å². The lowest BCUT2D eigenvalue weighted by Gasteiger charge is -2.06. The van der Waals surface area contributed by atoms with E-state index in [9.17, 15) is 13.6 Å². The fraction of sp³-hybridized carbons (Fsp3) is 0.125. The van der Waals surface area contributed by atoms with Gasteiger partial charge in [0.05, 0.1) is 7.11 Å². The molecule has 1 aromatic carbocycles. The molecule has 0 spiro atoms. The molecule has 0 heterocycles. The molecule has 0 aliphatic rings. The Bertz CT molecular complexity index is 393. The molecule has 1 rings (SSSR count). The number of hydrogen-bond donors (Lipinski definition) is 1. The van der Waals surface area contributed by atoms with Crippen molar-refractivity contribution in [2.45, 2.75) is 0 Å². The molecule has 6 heteroatoms. The summed E-state index contributed by atoms with van der Waals surface area (Å²) in [7, 11) is 1.17. The van der Waals surface area contributed by atoms with Crippen LogP contribution in [0, 0.1) is 11.6 Å². The van der Waals surface area contributed by atoms with E-state index in [-0.39, 0.29) is 5.75 Å². The van der Waals surface area contributed by atoms with Crippen LogP contribution in [0.3, 0.4) is 0 Å². The summed E-state index contributed by atoms with van der Waals surface area (Å²) >= 11 is 5.34. The van der Waals surface area contributed by atoms with Crippen molar-refractivity contribution in [2.75, 3.05) is 7.11 Å². The number of rotatable bonds is 2. The quantitative estimate of drug-likeness (QED) is 0.782. The molecule has 14 heavy (non-hydrogen) atoms. The highest BCUT2D eigenvalue weighted by molar-refractivity contribution is 6.32. The lowest BCUT2D eigenvalue weighted by atomic mass is 10.2. The Hall–Kier alpha value is -1.36. The van der Waals surface area contributed by atoms with E-state index in [1.165, 1.54) is 7.11 Å². The molecule has 0 bridgehead atoms. The molecule has 1 aromatic rings. The molecule has 0 saturated heterocycles. The predicted octanol–water partition coefficient (Wildman–Crippen LogP) is 2.33. The third kappa shape index (κ3) is 1.63. The molecule has 0 amide bonds. The van der Waals surface area contributed by atoms with Gasteiger partial charge in [-0.2, -0.15) is 0 Å². The van der Waals surface area contributed by atoms with Gasteiger partial charge in [0, 0.05) is 0 Å². The molecular weight excluding hydrogens is 218 g/mol. The molecule has 3 nitrogen and oxygen atoms in total. The van der Waals surface area contributed by atoms with Crippen LogP contribution >= 0.6 is 11.6 Å². The maximum Gasteiger partial charge on any atom is 0.338 e. The highest BCUT2D eigenvalue weighted by Gasteiger charge is 2.21. The van der Waals surface area contributed by atoms with Crippen molar-refractivity contribution in [1.82, 2.24) is 0 Å². The van der Waals surface area contributed by atoms with Gasteiger partial charge in [0.15, 0.2) is 11.6 Å². The second kappa shape index (κ2) is 3.79. The van der Waals surface area contributed by atoms with Crippen LogP contribution in [0.25, 0.3) is 0 Å². The van der Waals surface area contributed by atoms with Crippen LogP contribution in [0.2, 0.25) is 5.02 Å². The lowest BCUT2D eigenvalue weighted by Crippen LogP contribution is -2.04. The van der Waals surface area contributed by atoms with E-state index >= 15 is 0 Å². The zero-order chi connectivity index (χ0) is 10.9. The minimum atomic E-state index is -1.59. The molecule has 0 aromatic heterocycles. The Balaban J connectivity index is 3.48. The first kappa shape index (κ1) is 10.7. The molecule has 76 valence electrons. The molecule has 0 fully saturated rings. The summed E-state index contributed by atoms with van der Waals surface area (Å²) in [5, 5.41) is 7.92. The van der Waals surface area contributed by atoms with Crippen molar-refractivity contribution in [3.63, 3.8) is 0 Å². The van der Waals surface area contributed by atoms with Crippen LogP contribution in [0.5, 0.6) is 5.75 Å². The monoisotopic (exact) mass is 222 g/mol. The summed E-state index contributed by atoms with van der Waals surface area (Å²) < 4.78 is 30.5. The minimum absolute atomic E-state index is 0.219. The van der Waals surface area contributed by atoms with Gasteiger partial charge >= 0.3 is 5.97 Å². The largest absolute Gasteiger partial charge is 0.495 e. The van der Waals surface area contributed by atoms with E-state index in [1.54, 1.807) is 0 Å². The zero-order valence-corrected chi connectivity index (χ0v) is 7.73. The summed E-state index contributed by atoms with van der Waals surface area (Å²) in [5.74, 6) is -4.73. The highest BCUT2D eigenvalue weighted by Crippen LogP contribution is 2.31. The Morgan fingerprint density at radius 1 is 1.50 bits per heavy atom. The van der Waals surface area contributed by atoms with E-state index in [0.717, 1.165) is 6.07 Å². The highest BCUT2D eigenvalue weighted by atomic mass is 35.5. The van der Waals surface area contributed by atoms with Gasteiger partial charge in [-0.25, -0.2) is 13.6 Å². The number of carbonyl (C=O) groups is 1. The third-order valence-electron chi connectivity index (χ3n) is 1.56. The number of methoxy groups -OCH3 is 1. The van der Waals surface area contributed by atoms with Crippen LogP contribution in [-0.4, -0.2) is 18.2 Å². The van der Waals surface area contributed by atoms with Crippen LogP contribution in [-0.2, 0) is 0 Å². The Morgan fingerprint density at radius 3 is 2.50 bits per heavy atom. The Labute approximate surface area is 82.9 Å². The molecular formula is C8H5ClF2O3. The first-order valence-electron chi connectivity index (χ1n) is 3.43. The van der Waals surface area contributed by atoms with Crippen molar-refractivity contribution in [3.05, 3.63) is 28.3 Å². The van der Waals surface area contributed by atoms with Crippen LogP contribution in [0.15, 0.2) is 6.07 Å². The topological polar surface area (TPSA) is 46.5 Å². The number of ether oxygens (including phenoxy) is 1. The van der Waals surface area contributed by atoms with Crippen LogP contribution < -0.4 is 4.74 Å². The number of carboxylic acid groups (broad SMARTS) is 1. The van der Waals surface area contributed by atoms with E-state index in [0.29, 0.717) is 0 Å². The average molecular weight is 223 g/mol. The molecule has 0 aliphatic heterocycles. The maximum absolute atomic E-state index is 12.9. The van der Waals surface area contributed by atoms with Gasteiger partial charge in [0.2, 0.25) is 0 Å². The normalized spacial score (nSPS) is 10.0. The fourth-order valence-electron chi connectivity index (χ4n) is 0.885. The van der Waals surface area contributed by atoms with Gasteiger partial charge in [0.1, 0.15) is 16.3 Å². The molecule has 0 atom stereocenters. The van der Waals surface area contributed by atoms with Gasteiger partial charge in [0.25, 0.3) is 0 Å². The molecule has 0 aliphatic carbocycles. The average Bonchev–Trinajstić information content (AvgIpc) is 2.14. The summed E-state index contributed by atoms with van der Waals surface area (Å²) in [6.07, 6.45) is 0. The standard InChI is InChI=1S/C8H5ClF2O3/c1-14-4-2-3(8(12)13)6(10)7(11)5(4)9/h2H,1H3,(H,12,13). The van der Waals surface area contributed by atoms with Crippen LogP contribution in [0.4, 0.5) is 8.78 Å². The minimum Gasteiger partial charge on any atom is -0.495 e. The van der Waals surface area contributed by atoms with Crippen molar-refractivity contribution < 1.29 is 23.4 Å². The lowest BCUT2D eigenvalue weighted by molar-refractivity contribution is 0.0690. The number of carboxylic acids is 1. The Morgan fingerprint density at radius 2 is 2.07 bits per heavy atom. The number of hydrogen-bond acceptors (Lipinski definition) is 2. The maximum atomic E-state index is 12.9. The van der Waals surface area contributed by atoms with Crippen LogP contribution in [0.1, 0.15) is 10.4 Å². The summed E-state index contributed by atoms with van der Waals surface area (Å²) in [6, 6.07) is 0.822. The number of benzene rings is 1. The number of aromatic carboxylic acids is 1. The van der Waals surface area contributed by atoms with Crippen molar-refractivity contribution in [1.29, 1.82) is 0 Å². The van der Waals surface area contributed by atoms with Gasteiger partial charge < -0.3 is 9.84 Å². The SMILES string of the molecule is COc1cc(C(=O)O)c(F)c(F)c1Cl. The molecule has 0 saturated carbocycles. The first-order chi connectivity index (χ1) is 6.49. The van der Waals surface area contributed by atoms with E-state index in [2.05, 4.69) is 4.74 Å². The van der Waals surface area contributed by atoms with Gasteiger partial charge in [-0.05, 0) is 6.07 Å². The van der Waals surface area contributed by atoms with Crippen molar-refractivity contribution in [2.24, 2.45) is 0 Å². The fourth-order valence-corrected chi connectivity index (χ4v) is 1.10. The summed E-state index contributed by atoms with van der Waals surface area (Å²) in [5.41, 5.74) is -0.816. The molecule has 1 N–H and O–H groups in total. The third-order valence-corrected chi connectivity index (χ3v) is 1.92. The van der Waals surface area contributed by atoms with E-state index in [4.69, 9.17) is 16.7 Å². The summed E-state index contributed by atoms with van der Waals surface area (Å²) in [4.78, 5) is 10.4. The van der Waals surface area contributed by atoms with Crippen molar-refractivity contribution in [3.8, 4) is 5.75 Å².